The second-order valence-electron chi connectivity index (χ2n) is 6.26. The Labute approximate surface area is 156 Å². The van der Waals surface area contributed by atoms with Gasteiger partial charge in [0.15, 0.2) is 0 Å². The van der Waals surface area contributed by atoms with E-state index in [9.17, 15) is 14.4 Å². The fourth-order valence-corrected chi connectivity index (χ4v) is 3.08. The molecule has 0 aliphatic carbocycles. The number of imide groups is 1. The topological polar surface area (TPSA) is 63.7 Å². The number of carbonyl (C=O) groups excluding carboxylic acids is 3. The highest BCUT2D eigenvalue weighted by Crippen LogP contribution is 2.26. The van der Waals surface area contributed by atoms with Gasteiger partial charge in [-0.05, 0) is 55.7 Å². The summed E-state index contributed by atoms with van der Waals surface area (Å²) in [5, 5.41) is 0.649. The van der Waals surface area contributed by atoms with Crippen molar-refractivity contribution in [2.45, 2.75) is 26.7 Å². The lowest BCUT2D eigenvalue weighted by atomic mass is 10.1. The van der Waals surface area contributed by atoms with Crippen LogP contribution in [0.5, 0.6) is 5.75 Å². The molecule has 0 unspecified atom stereocenters. The van der Waals surface area contributed by atoms with E-state index < -0.39 is 5.97 Å². The van der Waals surface area contributed by atoms with Crippen LogP contribution in [0.2, 0.25) is 5.02 Å². The number of halogens is 1. The Kier molecular flexibility index (Phi) is 5.09. The van der Waals surface area contributed by atoms with Crippen LogP contribution in [-0.4, -0.2) is 29.2 Å². The maximum Gasteiger partial charge on any atom is 0.311 e. The van der Waals surface area contributed by atoms with Gasteiger partial charge in [-0.1, -0.05) is 23.7 Å². The smallest absolute Gasteiger partial charge is 0.311 e. The molecule has 0 bridgehead atoms. The predicted octanol–water partition coefficient (Wildman–Crippen LogP) is 3.94. The lowest BCUT2D eigenvalue weighted by Gasteiger charge is -2.13. The predicted molar refractivity (Wildman–Crippen MR) is 97.6 cm³/mol. The summed E-state index contributed by atoms with van der Waals surface area (Å²) in [6.07, 6.45) is 0.448. The molecule has 2 amide bonds. The molecule has 3 rings (SSSR count). The average Bonchev–Trinajstić information content (AvgIpc) is 2.85. The van der Waals surface area contributed by atoms with Crippen molar-refractivity contribution < 1.29 is 19.1 Å². The lowest BCUT2D eigenvalue weighted by Crippen LogP contribution is -2.31. The first kappa shape index (κ1) is 18.1. The quantitative estimate of drug-likeness (QED) is 0.453. The molecule has 5 nitrogen and oxygen atoms in total. The summed E-state index contributed by atoms with van der Waals surface area (Å²) in [5.41, 5.74) is 2.49. The molecule has 1 aliphatic rings. The fraction of sp³-hybridized carbons (Fsp3) is 0.250. The molecule has 0 saturated carbocycles. The molecule has 134 valence electrons. The first-order chi connectivity index (χ1) is 12.4. The Hall–Kier alpha value is -2.66. The summed E-state index contributed by atoms with van der Waals surface area (Å²) in [7, 11) is 0. The van der Waals surface area contributed by atoms with Gasteiger partial charge >= 0.3 is 5.97 Å². The molecule has 26 heavy (non-hydrogen) atoms. The van der Waals surface area contributed by atoms with Crippen molar-refractivity contribution in [1.82, 2.24) is 4.90 Å². The van der Waals surface area contributed by atoms with Crippen molar-refractivity contribution >= 4 is 29.4 Å². The maximum atomic E-state index is 12.3. The van der Waals surface area contributed by atoms with Crippen molar-refractivity contribution in [2.75, 3.05) is 6.54 Å². The second-order valence-corrected chi connectivity index (χ2v) is 6.63. The van der Waals surface area contributed by atoms with Crippen LogP contribution in [0.15, 0.2) is 36.4 Å². The van der Waals surface area contributed by atoms with E-state index in [1.165, 1.54) is 4.90 Å². The number of hydrogen-bond donors (Lipinski definition) is 0. The molecule has 0 atom stereocenters. The van der Waals surface area contributed by atoms with Gasteiger partial charge < -0.3 is 4.74 Å². The Morgan fingerprint density at radius 3 is 2.12 bits per heavy atom. The van der Waals surface area contributed by atoms with Crippen LogP contribution < -0.4 is 4.74 Å². The number of nitrogens with zero attached hydrogens (tertiary/aromatic N) is 1. The third-order valence-electron chi connectivity index (χ3n) is 4.28. The van der Waals surface area contributed by atoms with Crippen molar-refractivity contribution in [1.29, 1.82) is 0 Å². The molecule has 1 aliphatic heterocycles. The number of rotatable bonds is 5. The van der Waals surface area contributed by atoms with E-state index in [4.69, 9.17) is 16.3 Å². The van der Waals surface area contributed by atoms with Gasteiger partial charge in [-0.3, -0.25) is 19.3 Å². The number of benzene rings is 2. The van der Waals surface area contributed by atoms with Crippen LogP contribution in [0.1, 0.15) is 44.7 Å². The third kappa shape index (κ3) is 3.48. The van der Waals surface area contributed by atoms with Crippen LogP contribution >= 0.6 is 11.6 Å². The van der Waals surface area contributed by atoms with Gasteiger partial charge in [0, 0.05) is 18.0 Å². The zero-order valence-corrected chi connectivity index (χ0v) is 15.3. The molecule has 2 aromatic rings. The van der Waals surface area contributed by atoms with Crippen LogP contribution in [-0.2, 0) is 4.79 Å². The second kappa shape index (κ2) is 7.30. The Bertz CT molecular complexity index is 848. The molecule has 0 aromatic heterocycles. The van der Waals surface area contributed by atoms with E-state index in [-0.39, 0.29) is 24.8 Å². The number of esters is 1. The molecule has 2 aromatic carbocycles. The van der Waals surface area contributed by atoms with Crippen molar-refractivity contribution in [3.63, 3.8) is 0 Å². The Balaban J connectivity index is 1.55. The van der Waals surface area contributed by atoms with Crippen molar-refractivity contribution in [3.05, 3.63) is 63.7 Å². The number of carbonyl (C=O) groups is 3. The molecule has 0 spiro atoms. The van der Waals surface area contributed by atoms with E-state index in [0.717, 1.165) is 11.1 Å². The zero-order valence-electron chi connectivity index (χ0n) is 14.5. The summed E-state index contributed by atoms with van der Waals surface area (Å²) in [6, 6.07) is 10.1. The number of amides is 2. The summed E-state index contributed by atoms with van der Waals surface area (Å²) in [5.74, 6) is -0.608. The molecule has 0 saturated heterocycles. The Morgan fingerprint density at radius 1 is 1.04 bits per heavy atom. The maximum absolute atomic E-state index is 12.3. The zero-order chi connectivity index (χ0) is 18.8. The monoisotopic (exact) mass is 371 g/mol. The highest BCUT2D eigenvalue weighted by Gasteiger charge is 2.34. The minimum atomic E-state index is -0.414. The van der Waals surface area contributed by atoms with Crippen LogP contribution in [0, 0.1) is 13.8 Å². The van der Waals surface area contributed by atoms with Gasteiger partial charge in [-0.25, -0.2) is 0 Å². The minimum absolute atomic E-state index is 0.105. The summed E-state index contributed by atoms with van der Waals surface area (Å²) in [6.45, 7) is 3.87. The minimum Gasteiger partial charge on any atom is -0.427 e. The average molecular weight is 372 g/mol. The van der Waals surface area contributed by atoms with Gasteiger partial charge in [0.1, 0.15) is 5.75 Å². The van der Waals surface area contributed by atoms with Crippen molar-refractivity contribution in [3.8, 4) is 5.75 Å². The van der Waals surface area contributed by atoms with Crippen molar-refractivity contribution in [2.24, 2.45) is 0 Å². The summed E-state index contributed by atoms with van der Waals surface area (Å²) >= 11 is 6.10. The number of fused-ring (bicyclic) bond motifs is 1. The third-order valence-corrected chi connectivity index (χ3v) is 4.88. The summed E-state index contributed by atoms with van der Waals surface area (Å²) in [4.78, 5) is 37.7. The molecule has 0 radical (unpaired) electrons. The van der Waals surface area contributed by atoms with Gasteiger partial charge in [0.25, 0.3) is 11.8 Å². The van der Waals surface area contributed by atoms with Crippen LogP contribution in [0.3, 0.4) is 0 Å². The Morgan fingerprint density at radius 2 is 1.58 bits per heavy atom. The number of ether oxygens (including phenoxy) is 1. The van der Waals surface area contributed by atoms with Gasteiger partial charge in [0.05, 0.1) is 11.1 Å². The molecule has 1 heterocycles. The highest BCUT2D eigenvalue weighted by atomic mass is 35.5. The fourth-order valence-electron chi connectivity index (χ4n) is 2.97. The van der Waals surface area contributed by atoms with Crippen LogP contribution in [0.25, 0.3) is 0 Å². The van der Waals surface area contributed by atoms with Crippen LogP contribution in [0.4, 0.5) is 0 Å². The molecule has 0 N–H and O–H groups in total. The van der Waals surface area contributed by atoms with Gasteiger partial charge in [-0.15, -0.1) is 0 Å². The largest absolute Gasteiger partial charge is 0.427 e. The first-order valence-corrected chi connectivity index (χ1v) is 8.69. The van der Waals surface area contributed by atoms with E-state index in [0.29, 0.717) is 28.3 Å². The summed E-state index contributed by atoms with van der Waals surface area (Å²) < 4.78 is 5.33. The molecule has 0 fully saturated rings. The molecular formula is C20H18ClNO4. The highest BCUT2D eigenvalue weighted by molar-refractivity contribution is 6.32. The SMILES string of the molecule is Cc1cc(OC(=O)CCCN2C(=O)c3ccccc3C2=O)cc(C)c1Cl. The van der Waals surface area contributed by atoms with E-state index in [2.05, 4.69) is 0 Å². The first-order valence-electron chi connectivity index (χ1n) is 8.31. The normalized spacial score (nSPS) is 13.1. The molecule has 6 heteroatoms. The van der Waals surface area contributed by atoms with E-state index >= 15 is 0 Å². The lowest BCUT2D eigenvalue weighted by molar-refractivity contribution is -0.134. The van der Waals surface area contributed by atoms with Gasteiger partial charge in [0.2, 0.25) is 0 Å². The van der Waals surface area contributed by atoms with E-state index in [1.807, 2.05) is 13.8 Å². The number of hydrogen-bond acceptors (Lipinski definition) is 4. The number of aryl methyl sites for hydroxylation is 2. The van der Waals surface area contributed by atoms with Gasteiger partial charge in [-0.2, -0.15) is 0 Å². The van der Waals surface area contributed by atoms with E-state index in [1.54, 1.807) is 36.4 Å². The standard InChI is InChI=1S/C20H18ClNO4/c1-12-10-14(11-13(2)18(12)21)26-17(23)8-5-9-22-19(24)15-6-3-4-7-16(15)20(22)25/h3-4,6-7,10-11H,5,8-9H2,1-2H3. The molecular weight excluding hydrogens is 354 g/mol.